The van der Waals surface area contributed by atoms with E-state index in [2.05, 4.69) is 5.32 Å². The van der Waals surface area contributed by atoms with Crippen LogP contribution in [-0.2, 0) is 6.42 Å². The van der Waals surface area contributed by atoms with Crippen molar-refractivity contribution in [2.24, 2.45) is 0 Å². The average Bonchev–Trinajstić information content (AvgIpc) is 2.63. The minimum absolute atomic E-state index is 0.0433. The molecule has 0 aromatic heterocycles. The van der Waals surface area contributed by atoms with Crippen LogP contribution >= 0.6 is 11.6 Å². The van der Waals surface area contributed by atoms with Crippen LogP contribution in [0.5, 0.6) is 5.75 Å². The summed E-state index contributed by atoms with van der Waals surface area (Å²) in [4.78, 5) is 12.6. The zero-order valence-corrected chi connectivity index (χ0v) is 16.4. The highest BCUT2D eigenvalue weighted by Gasteiger charge is 2.17. The molecule has 2 aromatic rings. The summed E-state index contributed by atoms with van der Waals surface area (Å²) in [6, 6.07) is 8.02. The maximum Gasteiger partial charge on any atom is 0.255 e. The highest BCUT2D eigenvalue weighted by molar-refractivity contribution is 6.33. The monoisotopic (exact) mass is 377 g/mol. The summed E-state index contributed by atoms with van der Waals surface area (Å²) < 4.78 is 19.7. The van der Waals surface area contributed by atoms with Crippen LogP contribution in [0.4, 0.5) is 10.1 Å². The van der Waals surface area contributed by atoms with Crippen LogP contribution < -0.4 is 10.1 Å². The van der Waals surface area contributed by atoms with Crippen molar-refractivity contribution >= 4 is 23.2 Å². The van der Waals surface area contributed by atoms with Crippen molar-refractivity contribution in [2.75, 3.05) is 5.32 Å². The molecule has 2 rings (SSSR count). The number of nitrogens with one attached hydrogen (secondary N) is 1. The molecule has 0 heterocycles. The van der Waals surface area contributed by atoms with E-state index >= 15 is 0 Å². The number of carbonyl (C=O) groups excluding carboxylic acids is 1. The molecule has 140 valence electrons. The van der Waals surface area contributed by atoms with Crippen molar-refractivity contribution in [1.29, 1.82) is 0 Å². The van der Waals surface area contributed by atoms with Crippen molar-refractivity contribution in [1.82, 2.24) is 0 Å². The van der Waals surface area contributed by atoms with E-state index in [0.717, 1.165) is 18.4 Å². The number of hydrogen-bond acceptors (Lipinski definition) is 2. The van der Waals surface area contributed by atoms with Gasteiger partial charge in [-0.1, -0.05) is 38.4 Å². The quantitative estimate of drug-likeness (QED) is 0.626. The average molecular weight is 378 g/mol. The number of rotatable bonds is 7. The molecular formula is C21H25ClFNO2. The molecule has 0 aliphatic rings. The largest absolute Gasteiger partial charge is 0.489 e. The van der Waals surface area contributed by atoms with E-state index in [-0.39, 0.29) is 17.8 Å². The first-order valence-corrected chi connectivity index (χ1v) is 9.33. The van der Waals surface area contributed by atoms with Gasteiger partial charge in [0.05, 0.1) is 11.1 Å². The van der Waals surface area contributed by atoms with E-state index in [0.29, 0.717) is 34.0 Å². The molecule has 0 saturated carbocycles. The molecular weight excluding hydrogens is 353 g/mol. The summed E-state index contributed by atoms with van der Waals surface area (Å²) in [6.45, 7) is 7.74. The van der Waals surface area contributed by atoms with Crippen LogP contribution in [0, 0.1) is 12.7 Å². The number of hydrogen-bond donors (Lipinski definition) is 1. The van der Waals surface area contributed by atoms with Crippen LogP contribution in [-0.4, -0.2) is 12.0 Å². The Balaban J connectivity index is 2.32. The summed E-state index contributed by atoms with van der Waals surface area (Å²) in [5.41, 5.74) is 2.22. The molecule has 3 nitrogen and oxygen atoms in total. The van der Waals surface area contributed by atoms with E-state index in [4.69, 9.17) is 16.3 Å². The number of halogens is 2. The summed E-state index contributed by atoms with van der Waals surface area (Å²) in [7, 11) is 0. The Hall–Kier alpha value is -2.07. The highest BCUT2D eigenvalue weighted by Crippen LogP contribution is 2.32. The van der Waals surface area contributed by atoms with Gasteiger partial charge in [-0.25, -0.2) is 4.39 Å². The lowest BCUT2D eigenvalue weighted by Gasteiger charge is -2.19. The van der Waals surface area contributed by atoms with Gasteiger partial charge in [0.2, 0.25) is 0 Å². The maximum absolute atomic E-state index is 13.7. The molecule has 0 atom stereocenters. The molecule has 0 spiro atoms. The molecule has 26 heavy (non-hydrogen) atoms. The summed E-state index contributed by atoms with van der Waals surface area (Å²) >= 11 is 6.44. The third-order valence-electron chi connectivity index (χ3n) is 4.39. The van der Waals surface area contributed by atoms with Crippen molar-refractivity contribution in [2.45, 2.75) is 53.1 Å². The fraction of sp³-hybridized carbons (Fsp3) is 0.381. The van der Waals surface area contributed by atoms with E-state index in [9.17, 15) is 9.18 Å². The first-order chi connectivity index (χ1) is 12.4. The Morgan fingerprint density at radius 2 is 1.88 bits per heavy atom. The third-order valence-corrected chi connectivity index (χ3v) is 4.82. The molecule has 2 aromatic carbocycles. The summed E-state index contributed by atoms with van der Waals surface area (Å²) in [5, 5.41) is 3.27. The molecule has 5 heteroatoms. The predicted molar refractivity (Wildman–Crippen MR) is 105 cm³/mol. The van der Waals surface area contributed by atoms with E-state index < -0.39 is 0 Å². The summed E-state index contributed by atoms with van der Waals surface area (Å²) in [6.07, 6.45) is 2.43. The third kappa shape index (κ3) is 4.76. The molecule has 1 amide bonds. The van der Waals surface area contributed by atoms with E-state index in [1.165, 1.54) is 6.07 Å². The molecule has 0 fully saturated rings. The normalized spacial score (nSPS) is 10.9. The van der Waals surface area contributed by atoms with Crippen LogP contribution in [0.3, 0.4) is 0 Å². The number of ether oxygens (including phenoxy) is 1. The molecule has 0 aliphatic carbocycles. The fourth-order valence-electron chi connectivity index (χ4n) is 2.64. The van der Waals surface area contributed by atoms with Gasteiger partial charge in [0, 0.05) is 11.3 Å². The zero-order chi connectivity index (χ0) is 19.3. The van der Waals surface area contributed by atoms with Crippen LogP contribution in [0.1, 0.15) is 55.1 Å². The lowest BCUT2D eigenvalue weighted by molar-refractivity contribution is 0.102. The van der Waals surface area contributed by atoms with Gasteiger partial charge in [-0.05, 0) is 61.6 Å². The van der Waals surface area contributed by atoms with Gasteiger partial charge >= 0.3 is 0 Å². The second-order valence-corrected chi connectivity index (χ2v) is 6.65. The van der Waals surface area contributed by atoms with E-state index in [1.54, 1.807) is 31.2 Å². The Morgan fingerprint density at radius 3 is 2.46 bits per heavy atom. The number of anilines is 1. The topological polar surface area (TPSA) is 38.3 Å². The molecule has 1 N–H and O–H groups in total. The highest BCUT2D eigenvalue weighted by atomic mass is 35.5. The SMILES string of the molecule is CCc1cc(C(=O)Nc2ccc(C)c(F)c2)cc(OC(CC)CC)c1Cl. The van der Waals surface area contributed by atoms with Crippen LogP contribution in [0.2, 0.25) is 5.02 Å². The molecule has 0 unspecified atom stereocenters. The van der Waals surface area contributed by atoms with Crippen LogP contribution in [0.15, 0.2) is 30.3 Å². The van der Waals surface area contributed by atoms with Gasteiger partial charge in [0.25, 0.3) is 5.91 Å². The van der Waals surface area contributed by atoms with Gasteiger partial charge in [-0.2, -0.15) is 0 Å². The Morgan fingerprint density at radius 1 is 1.19 bits per heavy atom. The van der Waals surface area contributed by atoms with Crippen LogP contribution in [0.25, 0.3) is 0 Å². The number of benzene rings is 2. The van der Waals surface area contributed by atoms with Gasteiger partial charge < -0.3 is 10.1 Å². The molecule has 0 aliphatic heterocycles. The standard InChI is InChI=1S/C21H25ClFNO2/c1-5-14-10-15(11-19(20(14)22)26-17(6-2)7-3)21(25)24-16-9-8-13(4)18(23)12-16/h8-12,17H,5-7H2,1-4H3,(H,24,25). The van der Waals surface area contributed by atoms with Crippen molar-refractivity contribution in [3.8, 4) is 5.75 Å². The summed E-state index contributed by atoms with van der Waals surface area (Å²) in [5.74, 6) is -0.167. The first kappa shape index (κ1) is 20.2. The Bertz CT molecular complexity index is 788. The van der Waals surface area contributed by atoms with Crippen molar-refractivity contribution in [3.63, 3.8) is 0 Å². The minimum atomic E-state index is -0.356. The van der Waals surface area contributed by atoms with Gasteiger partial charge in [-0.15, -0.1) is 0 Å². The second kappa shape index (κ2) is 9.04. The molecule has 0 radical (unpaired) electrons. The smallest absolute Gasteiger partial charge is 0.255 e. The van der Waals surface area contributed by atoms with Crippen molar-refractivity contribution in [3.05, 3.63) is 57.9 Å². The van der Waals surface area contributed by atoms with Gasteiger partial charge in [-0.3, -0.25) is 4.79 Å². The second-order valence-electron chi connectivity index (χ2n) is 6.28. The fourth-order valence-corrected chi connectivity index (χ4v) is 2.93. The lowest BCUT2D eigenvalue weighted by Crippen LogP contribution is -2.16. The first-order valence-electron chi connectivity index (χ1n) is 8.96. The minimum Gasteiger partial charge on any atom is -0.489 e. The molecule has 0 bridgehead atoms. The van der Waals surface area contributed by atoms with Gasteiger partial charge in [0.15, 0.2) is 0 Å². The predicted octanol–water partition coefficient (Wildman–Crippen LogP) is 6.17. The maximum atomic E-state index is 13.7. The zero-order valence-electron chi connectivity index (χ0n) is 15.7. The number of amides is 1. The molecule has 0 saturated heterocycles. The number of aryl methyl sites for hydroxylation is 2. The van der Waals surface area contributed by atoms with Gasteiger partial charge in [0.1, 0.15) is 11.6 Å². The van der Waals surface area contributed by atoms with E-state index in [1.807, 2.05) is 20.8 Å². The Kier molecular flexibility index (Phi) is 7.04. The lowest BCUT2D eigenvalue weighted by atomic mass is 10.1. The van der Waals surface area contributed by atoms with Crippen molar-refractivity contribution < 1.29 is 13.9 Å². The Labute approximate surface area is 159 Å². The number of carbonyl (C=O) groups is 1.